The quantitative estimate of drug-likeness (QED) is 0.709. The smallest absolute Gasteiger partial charge is 0.239 e. The summed E-state index contributed by atoms with van der Waals surface area (Å²) in [6, 6.07) is 0.140. The van der Waals surface area contributed by atoms with Gasteiger partial charge in [0.1, 0.15) is 0 Å². The van der Waals surface area contributed by atoms with Crippen molar-refractivity contribution in [2.24, 2.45) is 0 Å². The lowest BCUT2D eigenvalue weighted by Gasteiger charge is -2.38. The number of nitrogens with zero attached hydrogens (tertiary/aromatic N) is 2. The molecule has 3 saturated heterocycles. The van der Waals surface area contributed by atoms with E-state index in [9.17, 15) is 4.79 Å². The second-order valence-electron chi connectivity index (χ2n) is 5.85. The van der Waals surface area contributed by atoms with Crippen molar-refractivity contribution in [1.82, 2.24) is 9.80 Å². The van der Waals surface area contributed by atoms with Crippen LogP contribution in [-0.4, -0.2) is 60.6 Å². The standard InChI is InChI=1S/C14H24N2O2/c17-14(15-7-3-1-4-8-15)13-6-2-5-9-16(13)10-12-11-18-12/h12-13H,1-11H2/t12-,13-/m0/s1. The predicted octanol–water partition coefficient (Wildman–Crippen LogP) is 1.25. The Morgan fingerprint density at radius 3 is 2.50 bits per heavy atom. The number of ether oxygens (including phenoxy) is 1. The van der Waals surface area contributed by atoms with Crippen LogP contribution in [0.15, 0.2) is 0 Å². The monoisotopic (exact) mass is 252 g/mol. The maximum atomic E-state index is 12.6. The van der Waals surface area contributed by atoms with Crippen molar-refractivity contribution in [2.75, 3.05) is 32.8 Å². The first kappa shape index (κ1) is 12.4. The van der Waals surface area contributed by atoms with E-state index in [-0.39, 0.29) is 6.04 Å². The molecule has 1 amide bonds. The summed E-state index contributed by atoms with van der Waals surface area (Å²) < 4.78 is 5.32. The third-order valence-corrected chi connectivity index (χ3v) is 4.41. The van der Waals surface area contributed by atoms with Crippen molar-refractivity contribution >= 4 is 5.91 Å². The molecular weight excluding hydrogens is 228 g/mol. The van der Waals surface area contributed by atoms with Crippen LogP contribution in [0.4, 0.5) is 0 Å². The van der Waals surface area contributed by atoms with E-state index in [2.05, 4.69) is 9.80 Å². The van der Waals surface area contributed by atoms with Gasteiger partial charge in [-0.15, -0.1) is 0 Å². The SMILES string of the molecule is O=C([C@@H]1CCCCN1C[C@H]1CO1)N1CCCCC1. The number of piperidine rings is 2. The van der Waals surface area contributed by atoms with E-state index in [4.69, 9.17) is 4.74 Å². The fraction of sp³-hybridized carbons (Fsp3) is 0.929. The lowest BCUT2D eigenvalue weighted by Crippen LogP contribution is -2.52. The average Bonchev–Trinajstić information content (AvgIpc) is 3.24. The highest BCUT2D eigenvalue weighted by Crippen LogP contribution is 2.23. The van der Waals surface area contributed by atoms with E-state index in [1.54, 1.807) is 0 Å². The molecule has 0 saturated carbocycles. The highest BCUT2D eigenvalue weighted by molar-refractivity contribution is 5.82. The highest BCUT2D eigenvalue weighted by atomic mass is 16.6. The van der Waals surface area contributed by atoms with E-state index in [0.717, 1.165) is 39.2 Å². The van der Waals surface area contributed by atoms with Crippen molar-refractivity contribution in [2.45, 2.75) is 50.7 Å². The highest BCUT2D eigenvalue weighted by Gasteiger charge is 2.35. The van der Waals surface area contributed by atoms with Crippen LogP contribution in [0.3, 0.4) is 0 Å². The normalized spacial score (nSPS) is 33.4. The van der Waals surface area contributed by atoms with Gasteiger partial charge in [0.25, 0.3) is 0 Å². The van der Waals surface area contributed by atoms with Crippen LogP contribution in [0.2, 0.25) is 0 Å². The zero-order chi connectivity index (χ0) is 12.4. The summed E-state index contributed by atoms with van der Waals surface area (Å²) in [5.74, 6) is 0.384. The topological polar surface area (TPSA) is 36.1 Å². The van der Waals surface area contributed by atoms with E-state index in [1.807, 2.05) is 0 Å². The van der Waals surface area contributed by atoms with Gasteiger partial charge < -0.3 is 9.64 Å². The number of carbonyl (C=O) groups is 1. The molecule has 0 spiro atoms. The minimum atomic E-state index is 0.140. The Hall–Kier alpha value is -0.610. The molecule has 0 aromatic heterocycles. The largest absolute Gasteiger partial charge is 0.372 e. The van der Waals surface area contributed by atoms with E-state index < -0.39 is 0 Å². The van der Waals surface area contributed by atoms with Gasteiger partial charge in [0, 0.05) is 19.6 Å². The van der Waals surface area contributed by atoms with E-state index in [0.29, 0.717) is 12.0 Å². The Labute approximate surface area is 109 Å². The molecule has 3 aliphatic heterocycles. The molecule has 0 N–H and O–H groups in total. The third-order valence-electron chi connectivity index (χ3n) is 4.41. The molecule has 2 atom stereocenters. The second-order valence-corrected chi connectivity index (χ2v) is 5.85. The number of carbonyl (C=O) groups excluding carboxylic acids is 1. The summed E-state index contributed by atoms with van der Waals surface area (Å²) in [7, 11) is 0. The Bertz CT molecular complexity index is 298. The van der Waals surface area contributed by atoms with Crippen molar-refractivity contribution in [3.8, 4) is 0 Å². The molecule has 0 unspecified atom stereocenters. The lowest BCUT2D eigenvalue weighted by molar-refractivity contribution is -0.139. The van der Waals surface area contributed by atoms with Gasteiger partial charge in [-0.05, 0) is 38.6 Å². The second kappa shape index (κ2) is 5.57. The Balaban J connectivity index is 1.60. The fourth-order valence-electron chi connectivity index (χ4n) is 3.25. The molecule has 102 valence electrons. The van der Waals surface area contributed by atoms with Gasteiger partial charge in [-0.2, -0.15) is 0 Å². The number of amides is 1. The van der Waals surface area contributed by atoms with Crippen molar-refractivity contribution in [1.29, 1.82) is 0 Å². The first-order valence-electron chi connectivity index (χ1n) is 7.49. The van der Waals surface area contributed by atoms with Gasteiger partial charge in [-0.1, -0.05) is 6.42 Å². The average molecular weight is 252 g/mol. The Kier molecular flexibility index (Phi) is 3.85. The molecular formula is C14H24N2O2. The maximum Gasteiger partial charge on any atom is 0.239 e. The number of rotatable bonds is 3. The summed E-state index contributed by atoms with van der Waals surface area (Å²) in [5, 5.41) is 0. The van der Waals surface area contributed by atoms with Crippen LogP contribution in [-0.2, 0) is 9.53 Å². The molecule has 0 bridgehead atoms. The van der Waals surface area contributed by atoms with Gasteiger partial charge >= 0.3 is 0 Å². The van der Waals surface area contributed by atoms with Crippen molar-refractivity contribution in [3.63, 3.8) is 0 Å². The fourth-order valence-corrected chi connectivity index (χ4v) is 3.25. The Morgan fingerprint density at radius 2 is 1.78 bits per heavy atom. The van der Waals surface area contributed by atoms with Gasteiger partial charge in [-0.25, -0.2) is 0 Å². The van der Waals surface area contributed by atoms with Crippen LogP contribution in [0, 0.1) is 0 Å². The number of likely N-dealkylation sites (tertiary alicyclic amines) is 2. The number of hydrogen-bond acceptors (Lipinski definition) is 3. The number of epoxide rings is 1. The van der Waals surface area contributed by atoms with Gasteiger partial charge in [-0.3, -0.25) is 9.69 Å². The number of hydrogen-bond donors (Lipinski definition) is 0. The minimum Gasteiger partial charge on any atom is -0.372 e. The van der Waals surface area contributed by atoms with Gasteiger partial charge in [0.2, 0.25) is 5.91 Å². The molecule has 3 fully saturated rings. The summed E-state index contributed by atoms with van der Waals surface area (Å²) in [5.41, 5.74) is 0. The van der Waals surface area contributed by atoms with E-state index in [1.165, 1.54) is 32.1 Å². The van der Waals surface area contributed by atoms with Crippen LogP contribution < -0.4 is 0 Å². The summed E-state index contributed by atoms with van der Waals surface area (Å²) in [4.78, 5) is 17.1. The van der Waals surface area contributed by atoms with Gasteiger partial charge in [0.05, 0.1) is 18.8 Å². The molecule has 18 heavy (non-hydrogen) atoms. The first-order chi connectivity index (χ1) is 8.84. The van der Waals surface area contributed by atoms with Crippen LogP contribution in [0.1, 0.15) is 38.5 Å². The Morgan fingerprint density at radius 1 is 1.06 bits per heavy atom. The molecule has 3 heterocycles. The summed E-state index contributed by atoms with van der Waals surface area (Å²) in [6.07, 6.45) is 7.53. The summed E-state index contributed by atoms with van der Waals surface area (Å²) >= 11 is 0. The van der Waals surface area contributed by atoms with Crippen molar-refractivity contribution < 1.29 is 9.53 Å². The molecule has 4 nitrogen and oxygen atoms in total. The van der Waals surface area contributed by atoms with Crippen LogP contribution >= 0.6 is 0 Å². The maximum absolute atomic E-state index is 12.6. The van der Waals surface area contributed by atoms with E-state index >= 15 is 0 Å². The first-order valence-corrected chi connectivity index (χ1v) is 7.49. The van der Waals surface area contributed by atoms with Crippen LogP contribution in [0.5, 0.6) is 0 Å². The van der Waals surface area contributed by atoms with Crippen LogP contribution in [0.25, 0.3) is 0 Å². The zero-order valence-electron chi connectivity index (χ0n) is 11.1. The molecule has 3 aliphatic rings. The molecule has 3 rings (SSSR count). The lowest BCUT2D eigenvalue weighted by atomic mass is 9.99. The zero-order valence-corrected chi connectivity index (χ0v) is 11.1. The van der Waals surface area contributed by atoms with Gasteiger partial charge in [0.15, 0.2) is 0 Å². The summed E-state index contributed by atoms with van der Waals surface area (Å²) in [6.45, 7) is 4.88. The molecule has 0 aromatic carbocycles. The molecule has 0 aliphatic carbocycles. The molecule has 0 aromatic rings. The molecule has 0 radical (unpaired) electrons. The molecule has 4 heteroatoms. The predicted molar refractivity (Wildman–Crippen MR) is 69.4 cm³/mol. The van der Waals surface area contributed by atoms with Crippen molar-refractivity contribution in [3.05, 3.63) is 0 Å². The third kappa shape index (κ3) is 2.86. The minimum absolute atomic E-state index is 0.140.